The largest absolute Gasteiger partial charge is 0.346 e. The standard InChI is InChI=1S/C12H14BrN3OS/c1-3-8-6-10(16(2)15-8)12(17)14-7-9-4-5-11(13)18-9/h4-6H,3,7H2,1-2H3,(H,14,17). The number of carbonyl (C=O) groups excluding carboxylic acids is 1. The summed E-state index contributed by atoms with van der Waals surface area (Å²) >= 11 is 5.02. The second kappa shape index (κ2) is 5.67. The zero-order valence-corrected chi connectivity index (χ0v) is 12.6. The summed E-state index contributed by atoms with van der Waals surface area (Å²) in [5.74, 6) is -0.0887. The van der Waals surface area contributed by atoms with Gasteiger partial charge in [-0.3, -0.25) is 9.48 Å². The minimum absolute atomic E-state index is 0.0887. The van der Waals surface area contributed by atoms with E-state index in [1.165, 1.54) is 0 Å². The molecule has 0 bridgehead atoms. The highest BCUT2D eigenvalue weighted by molar-refractivity contribution is 9.11. The van der Waals surface area contributed by atoms with Gasteiger partial charge >= 0.3 is 0 Å². The van der Waals surface area contributed by atoms with Gasteiger partial charge in [-0.05, 0) is 40.5 Å². The molecule has 0 aliphatic carbocycles. The highest BCUT2D eigenvalue weighted by atomic mass is 79.9. The molecule has 0 radical (unpaired) electrons. The van der Waals surface area contributed by atoms with Crippen molar-refractivity contribution < 1.29 is 4.79 Å². The molecular weight excluding hydrogens is 314 g/mol. The predicted molar refractivity (Wildman–Crippen MR) is 75.8 cm³/mol. The second-order valence-electron chi connectivity index (χ2n) is 3.89. The van der Waals surface area contributed by atoms with E-state index in [4.69, 9.17) is 0 Å². The van der Waals surface area contributed by atoms with Gasteiger partial charge in [0.1, 0.15) is 5.69 Å². The molecule has 0 spiro atoms. The van der Waals surface area contributed by atoms with Crippen LogP contribution in [-0.4, -0.2) is 15.7 Å². The molecule has 2 rings (SSSR count). The van der Waals surface area contributed by atoms with Crippen LogP contribution in [0, 0.1) is 0 Å². The number of rotatable bonds is 4. The minimum Gasteiger partial charge on any atom is -0.346 e. The summed E-state index contributed by atoms with van der Waals surface area (Å²) in [6, 6.07) is 5.81. The van der Waals surface area contributed by atoms with Crippen molar-refractivity contribution in [3.63, 3.8) is 0 Å². The number of hydrogen-bond donors (Lipinski definition) is 1. The Morgan fingerprint density at radius 3 is 2.89 bits per heavy atom. The van der Waals surface area contributed by atoms with Crippen molar-refractivity contribution in [3.8, 4) is 0 Å². The third-order valence-corrected chi connectivity index (χ3v) is 4.20. The summed E-state index contributed by atoms with van der Waals surface area (Å²) in [4.78, 5) is 13.1. The van der Waals surface area contributed by atoms with Gasteiger partial charge in [0.2, 0.25) is 0 Å². The molecular formula is C12H14BrN3OS. The molecule has 0 aliphatic heterocycles. The zero-order valence-electron chi connectivity index (χ0n) is 10.2. The maximum atomic E-state index is 12.0. The molecule has 0 aromatic carbocycles. The third-order valence-electron chi connectivity index (χ3n) is 2.58. The van der Waals surface area contributed by atoms with Crippen LogP contribution in [0.2, 0.25) is 0 Å². The molecule has 0 unspecified atom stereocenters. The van der Waals surface area contributed by atoms with Crippen molar-refractivity contribution in [1.29, 1.82) is 0 Å². The summed E-state index contributed by atoms with van der Waals surface area (Å²) < 4.78 is 2.69. The van der Waals surface area contributed by atoms with Crippen molar-refractivity contribution in [1.82, 2.24) is 15.1 Å². The predicted octanol–water partition coefficient (Wildman–Crippen LogP) is 2.74. The van der Waals surface area contributed by atoms with Crippen molar-refractivity contribution in [2.45, 2.75) is 19.9 Å². The molecule has 0 fully saturated rings. The Hall–Kier alpha value is -1.14. The van der Waals surface area contributed by atoms with E-state index in [9.17, 15) is 4.79 Å². The lowest BCUT2D eigenvalue weighted by Crippen LogP contribution is -2.24. The van der Waals surface area contributed by atoms with Gasteiger partial charge in [0.15, 0.2) is 0 Å². The van der Waals surface area contributed by atoms with Crippen LogP contribution in [0.5, 0.6) is 0 Å². The summed E-state index contributed by atoms with van der Waals surface area (Å²) in [6.07, 6.45) is 0.832. The Morgan fingerprint density at radius 2 is 2.33 bits per heavy atom. The lowest BCUT2D eigenvalue weighted by atomic mass is 10.3. The molecule has 2 aromatic rings. The van der Waals surface area contributed by atoms with Gasteiger partial charge in [0.25, 0.3) is 5.91 Å². The average Bonchev–Trinajstić information content (AvgIpc) is 2.92. The van der Waals surface area contributed by atoms with Gasteiger partial charge in [-0.1, -0.05) is 6.92 Å². The minimum atomic E-state index is -0.0887. The summed E-state index contributed by atoms with van der Waals surface area (Å²) in [5.41, 5.74) is 1.53. The van der Waals surface area contributed by atoms with Crippen molar-refractivity contribution in [2.75, 3.05) is 0 Å². The first-order chi connectivity index (χ1) is 8.60. The summed E-state index contributed by atoms with van der Waals surface area (Å²) in [5, 5.41) is 7.16. The zero-order chi connectivity index (χ0) is 13.1. The molecule has 18 heavy (non-hydrogen) atoms. The van der Waals surface area contributed by atoms with Crippen LogP contribution in [0.25, 0.3) is 0 Å². The molecule has 1 amide bonds. The molecule has 0 saturated heterocycles. The summed E-state index contributed by atoms with van der Waals surface area (Å²) in [6.45, 7) is 2.56. The maximum Gasteiger partial charge on any atom is 0.269 e. The van der Waals surface area contributed by atoms with Gasteiger partial charge in [0, 0.05) is 11.9 Å². The van der Waals surface area contributed by atoms with Gasteiger partial charge < -0.3 is 5.32 Å². The van der Waals surface area contributed by atoms with Gasteiger partial charge in [-0.2, -0.15) is 5.10 Å². The van der Waals surface area contributed by atoms with E-state index in [-0.39, 0.29) is 5.91 Å². The fourth-order valence-corrected chi connectivity index (χ4v) is 3.04. The highest BCUT2D eigenvalue weighted by Gasteiger charge is 2.12. The number of nitrogens with one attached hydrogen (secondary N) is 1. The molecule has 0 atom stereocenters. The van der Waals surface area contributed by atoms with Crippen molar-refractivity contribution in [3.05, 3.63) is 38.3 Å². The molecule has 2 heterocycles. The van der Waals surface area contributed by atoms with Crippen LogP contribution >= 0.6 is 27.3 Å². The Kier molecular flexibility index (Phi) is 4.19. The number of aromatic nitrogens is 2. The number of nitrogens with zero attached hydrogens (tertiary/aromatic N) is 2. The Bertz CT molecular complexity index is 561. The maximum absolute atomic E-state index is 12.0. The SMILES string of the molecule is CCc1cc(C(=O)NCc2ccc(Br)s2)n(C)n1. The Balaban J connectivity index is 2.01. The summed E-state index contributed by atoms with van der Waals surface area (Å²) in [7, 11) is 1.79. The van der Waals surface area contributed by atoms with E-state index < -0.39 is 0 Å². The second-order valence-corrected chi connectivity index (χ2v) is 6.43. The third kappa shape index (κ3) is 3.00. The number of carbonyl (C=O) groups is 1. The fourth-order valence-electron chi connectivity index (χ4n) is 1.62. The van der Waals surface area contributed by atoms with Crippen LogP contribution in [0.4, 0.5) is 0 Å². The van der Waals surface area contributed by atoms with Crippen LogP contribution in [0.3, 0.4) is 0 Å². The molecule has 1 N–H and O–H groups in total. The Morgan fingerprint density at radius 1 is 1.56 bits per heavy atom. The molecule has 0 aliphatic rings. The van der Waals surface area contributed by atoms with Crippen molar-refractivity contribution >= 4 is 33.2 Å². The molecule has 96 valence electrons. The number of hydrogen-bond acceptors (Lipinski definition) is 3. The van der Waals surface area contributed by atoms with E-state index in [0.717, 1.165) is 20.8 Å². The lowest BCUT2D eigenvalue weighted by molar-refractivity contribution is 0.0942. The quantitative estimate of drug-likeness (QED) is 0.938. The van der Waals surface area contributed by atoms with E-state index in [0.29, 0.717) is 12.2 Å². The fraction of sp³-hybridized carbons (Fsp3) is 0.333. The number of aryl methyl sites for hydroxylation is 2. The Labute approximate surface area is 118 Å². The smallest absolute Gasteiger partial charge is 0.269 e. The topological polar surface area (TPSA) is 46.9 Å². The highest BCUT2D eigenvalue weighted by Crippen LogP contribution is 2.21. The molecule has 6 heteroatoms. The van der Waals surface area contributed by atoms with Gasteiger partial charge in [-0.15, -0.1) is 11.3 Å². The first-order valence-corrected chi connectivity index (χ1v) is 7.26. The monoisotopic (exact) mass is 327 g/mol. The molecule has 2 aromatic heterocycles. The van der Waals surface area contributed by atoms with Crippen LogP contribution in [0.1, 0.15) is 28.0 Å². The first-order valence-electron chi connectivity index (χ1n) is 5.65. The first kappa shape index (κ1) is 13.3. The van der Waals surface area contributed by atoms with E-state index >= 15 is 0 Å². The molecule has 4 nitrogen and oxygen atoms in total. The molecule has 0 saturated carbocycles. The normalized spacial score (nSPS) is 10.6. The van der Waals surface area contributed by atoms with Crippen LogP contribution < -0.4 is 5.32 Å². The number of amides is 1. The number of halogens is 1. The average molecular weight is 328 g/mol. The van der Waals surface area contributed by atoms with E-state index in [1.807, 2.05) is 25.1 Å². The van der Waals surface area contributed by atoms with E-state index in [2.05, 4.69) is 26.3 Å². The van der Waals surface area contributed by atoms with E-state index in [1.54, 1.807) is 23.1 Å². The number of thiophene rings is 1. The van der Waals surface area contributed by atoms with Crippen LogP contribution in [0.15, 0.2) is 22.0 Å². The van der Waals surface area contributed by atoms with Crippen molar-refractivity contribution in [2.24, 2.45) is 7.05 Å². The lowest BCUT2D eigenvalue weighted by Gasteiger charge is -2.03. The van der Waals surface area contributed by atoms with Gasteiger partial charge in [0.05, 0.1) is 16.0 Å². The van der Waals surface area contributed by atoms with Crippen LogP contribution in [-0.2, 0) is 20.0 Å². The van der Waals surface area contributed by atoms with Gasteiger partial charge in [-0.25, -0.2) is 0 Å².